The third kappa shape index (κ3) is 4.46. The first-order valence-corrected chi connectivity index (χ1v) is 11.6. The van der Waals surface area contributed by atoms with Crippen LogP contribution in [-0.2, 0) is 25.9 Å². The van der Waals surface area contributed by atoms with Crippen molar-refractivity contribution in [3.05, 3.63) is 75.9 Å². The van der Waals surface area contributed by atoms with Crippen molar-refractivity contribution >= 4 is 35.1 Å². The summed E-state index contributed by atoms with van der Waals surface area (Å²) in [6.07, 6.45) is 1.68. The highest BCUT2D eigenvalue weighted by atomic mass is 35.5. The molecule has 0 saturated carbocycles. The molecule has 33 heavy (non-hydrogen) atoms. The van der Waals surface area contributed by atoms with Crippen molar-refractivity contribution in [2.45, 2.75) is 25.9 Å². The monoisotopic (exact) mass is 462 g/mol. The van der Waals surface area contributed by atoms with E-state index < -0.39 is 0 Å². The molecule has 0 unspecified atom stereocenters. The molecule has 3 aromatic rings. The number of benzene rings is 2. The molecule has 0 spiro atoms. The lowest BCUT2D eigenvalue weighted by atomic mass is 10.0. The number of anilines is 3. The molecule has 5 rings (SSSR count). The van der Waals surface area contributed by atoms with Gasteiger partial charge in [-0.2, -0.15) is 4.98 Å². The Balaban J connectivity index is 1.38. The molecule has 2 aliphatic rings. The lowest BCUT2D eigenvalue weighted by molar-refractivity contribution is 0.206. The highest BCUT2D eigenvalue weighted by molar-refractivity contribution is 6.30. The molecule has 1 N–H and O–H groups in total. The van der Waals surface area contributed by atoms with Crippen molar-refractivity contribution in [3.63, 3.8) is 0 Å². The average Bonchev–Trinajstić information content (AvgIpc) is 2.82. The molecule has 170 valence electrons. The maximum Gasteiger partial charge on any atom is 0.322 e. The van der Waals surface area contributed by atoms with Gasteiger partial charge in [-0.1, -0.05) is 41.9 Å². The van der Waals surface area contributed by atoms with Gasteiger partial charge in [0.15, 0.2) is 0 Å². The number of carbonyl (C=O) groups is 1. The number of hydrogen-bond acceptors (Lipinski definition) is 5. The molecule has 2 amide bonds. The van der Waals surface area contributed by atoms with Crippen molar-refractivity contribution in [3.8, 4) is 0 Å². The molecule has 8 heteroatoms. The number of nitrogens with zero attached hydrogens (tertiary/aromatic N) is 5. The number of amides is 2. The first kappa shape index (κ1) is 21.5. The fourth-order valence-electron chi connectivity index (χ4n) is 4.50. The summed E-state index contributed by atoms with van der Waals surface area (Å²) in [6, 6.07) is 15.6. The summed E-state index contributed by atoms with van der Waals surface area (Å²) >= 11 is 6.05. The summed E-state index contributed by atoms with van der Waals surface area (Å²) in [5.74, 6) is 1.64. The molecule has 0 fully saturated rings. The second kappa shape index (κ2) is 8.90. The van der Waals surface area contributed by atoms with Crippen LogP contribution >= 0.6 is 11.6 Å². The number of urea groups is 1. The normalized spacial score (nSPS) is 15.0. The van der Waals surface area contributed by atoms with Gasteiger partial charge in [0, 0.05) is 56.4 Å². The van der Waals surface area contributed by atoms with Gasteiger partial charge in [0.2, 0.25) is 5.95 Å². The summed E-state index contributed by atoms with van der Waals surface area (Å²) in [7, 11) is 3.98. The van der Waals surface area contributed by atoms with Crippen LogP contribution in [0.1, 0.15) is 22.4 Å². The van der Waals surface area contributed by atoms with Crippen LogP contribution in [0.5, 0.6) is 0 Å². The Morgan fingerprint density at radius 3 is 2.61 bits per heavy atom. The minimum absolute atomic E-state index is 0.149. The highest BCUT2D eigenvalue weighted by Gasteiger charge is 2.28. The Labute approximate surface area is 199 Å². The van der Waals surface area contributed by atoms with E-state index in [0.717, 1.165) is 42.5 Å². The van der Waals surface area contributed by atoms with Crippen molar-refractivity contribution in [2.75, 3.05) is 42.3 Å². The Morgan fingerprint density at radius 2 is 1.82 bits per heavy atom. The highest BCUT2D eigenvalue weighted by Crippen LogP contribution is 2.30. The molecule has 0 radical (unpaired) electrons. The Bertz CT molecular complexity index is 1200. The predicted octanol–water partition coefficient (Wildman–Crippen LogP) is 4.35. The summed E-state index contributed by atoms with van der Waals surface area (Å²) in [4.78, 5) is 28.9. The largest absolute Gasteiger partial charge is 0.362 e. The first-order chi connectivity index (χ1) is 16.0. The number of rotatable bonds is 3. The minimum atomic E-state index is -0.149. The average molecular weight is 463 g/mol. The van der Waals surface area contributed by atoms with Crippen LogP contribution in [0.3, 0.4) is 0 Å². The van der Waals surface area contributed by atoms with E-state index in [1.165, 1.54) is 11.1 Å². The Kier molecular flexibility index (Phi) is 5.81. The quantitative estimate of drug-likeness (QED) is 0.627. The Morgan fingerprint density at radius 1 is 1.00 bits per heavy atom. The smallest absolute Gasteiger partial charge is 0.322 e. The lowest BCUT2D eigenvalue weighted by Gasteiger charge is -2.33. The molecule has 2 aromatic carbocycles. The second-order valence-corrected chi connectivity index (χ2v) is 9.16. The van der Waals surface area contributed by atoms with E-state index in [4.69, 9.17) is 21.6 Å². The summed E-state index contributed by atoms with van der Waals surface area (Å²) in [6.45, 7) is 2.79. The fraction of sp³-hybridized carbons (Fsp3) is 0.320. The minimum Gasteiger partial charge on any atom is -0.362 e. The van der Waals surface area contributed by atoms with Gasteiger partial charge in [-0.3, -0.25) is 0 Å². The van der Waals surface area contributed by atoms with Crippen LogP contribution in [0, 0.1) is 0 Å². The van der Waals surface area contributed by atoms with E-state index in [1.54, 1.807) is 17.0 Å². The van der Waals surface area contributed by atoms with Gasteiger partial charge in [0.05, 0.1) is 12.2 Å². The van der Waals surface area contributed by atoms with Crippen LogP contribution in [0.4, 0.5) is 22.2 Å². The molecule has 0 atom stereocenters. The predicted molar refractivity (Wildman–Crippen MR) is 132 cm³/mol. The van der Waals surface area contributed by atoms with Gasteiger partial charge in [0.25, 0.3) is 0 Å². The molecule has 7 nitrogen and oxygen atoms in total. The first-order valence-electron chi connectivity index (χ1n) is 11.2. The molecular formula is C25H27ClN6O. The van der Waals surface area contributed by atoms with E-state index in [9.17, 15) is 4.79 Å². The van der Waals surface area contributed by atoms with Crippen molar-refractivity contribution in [1.82, 2.24) is 14.9 Å². The zero-order chi connectivity index (χ0) is 22.9. The molecule has 3 heterocycles. The maximum atomic E-state index is 12.9. The molecule has 2 aliphatic heterocycles. The van der Waals surface area contributed by atoms with Crippen LogP contribution in [0.25, 0.3) is 0 Å². The number of fused-ring (bicyclic) bond motifs is 2. The number of hydrogen-bond donors (Lipinski definition) is 1. The third-order valence-corrected chi connectivity index (χ3v) is 6.46. The van der Waals surface area contributed by atoms with E-state index in [-0.39, 0.29) is 6.03 Å². The van der Waals surface area contributed by atoms with Gasteiger partial charge < -0.3 is 20.0 Å². The van der Waals surface area contributed by atoms with Crippen LogP contribution < -0.4 is 15.1 Å². The van der Waals surface area contributed by atoms with Gasteiger partial charge in [-0.25, -0.2) is 9.78 Å². The third-order valence-electron chi connectivity index (χ3n) is 6.23. The van der Waals surface area contributed by atoms with Gasteiger partial charge in [-0.15, -0.1) is 0 Å². The Hall–Kier alpha value is -3.32. The number of aromatic nitrogens is 2. The summed E-state index contributed by atoms with van der Waals surface area (Å²) in [5.41, 5.74) is 5.45. The molecule has 0 aliphatic carbocycles. The second-order valence-electron chi connectivity index (χ2n) is 8.72. The summed E-state index contributed by atoms with van der Waals surface area (Å²) < 4.78 is 0. The molecule has 1 aromatic heterocycles. The molecule has 0 bridgehead atoms. The van der Waals surface area contributed by atoms with E-state index >= 15 is 0 Å². The molecular weight excluding hydrogens is 436 g/mol. The van der Waals surface area contributed by atoms with Crippen LogP contribution in [-0.4, -0.2) is 48.1 Å². The zero-order valence-electron chi connectivity index (χ0n) is 18.9. The van der Waals surface area contributed by atoms with Crippen LogP contribution in [0.2, 0.25) is 5.02 Å². The number of nitrogens with one attached hydrogen (secondary N) is 1. The molecule has 0 saturated heterocycles. The maximum absolute atomic E-state index is 12.9. The van der Waals surface area contributed by atoms with Gasteiger partial charge in [0.1, 0.15) is 5.82 Å². The van der Waals surface area contributed by atoms with Crippen molar-refractivity contribution in [1.29, 1.82) is 0 Å². The lowest BCUT2D eigenvalue weighted by Crippen LogP contribution is -2.40. The van der Waals surface area contributed by atoms with E-state index in [1.807, 2.05) is 31.1 Å². The SMILES string of the molecule is CN(C)c1nc(N2CCc3ccccc3C2)nc2c1CN(C(=O)Nc1cccc(Cl)c1)CC2. The zero-order valence-corrected chi connectivity index (χ0v) is 19.6. The van der Waals surface area contributed by atoms with Crippen molar-refractivity contribution in [2.24, 2.45) is 0 Å². The van der Waals surface area contributed by atoms with Crippen molar-refractivity contribution < 1.29 is 4.79 Å². The van der Waals surface area contributed by atoms with Gasteiger partial charge >= 0.3 is 6.03 Å². The van der Waals surface area contributed by atoms with E-state index in [2.05, 4.69) is 34.5 Å². The number of halogens is 1. The number of carbonyl (C=O) groups excluding carboxylic acids is 1. The summed E-state index contributed by atoms with van der Waals surface area (Å²) in [5, 5.41) is 3.54. The fourth-order valence-corrected chi connectivity index (χ4v) is 4.69. The van der Waals surface area contributed by atoms with Crippen LogP contribution in [0.15, 0.2) is 48.5 Å². The standard InChI is InChI=1S/C25H27ClN6O/c1-30(2)23-21-16-32(25(33)27-20-9-5-8-19(26)14-20)13-11-22(21)28-24(29-23)31-12-10-17-6-3-4-7-18(17)15-31/h3-9,14H,10-13,15-16H2,1-2H3,(H,27,33). The topological polar surface area (TPSA) is 64.6 Å². The van der Waals surface area contributed by atoms with Gasteiger partial charge in [-0.05, 0) is 35.7 Å². The van der Waals surface area contributed by atoms with E-state index in [0.29, 0.717) is 30.2 Å².